The summed E-state index contributed by atoms with van der Waals surface area (Å²) in [5.74, 6) is 11.9. The molecule has 0 N–H and O–H groups in total. The van der Waals surface area contributed by atoms with Crippen molar-refractivity contribution in [1.82, 2.24) is 0 Å². The highest BCUT2D eigenvalue weighted by atomic mass is 32.2. The Bertz CT molecular complexity index is 1340. The third kappa shape index (κ3) is 8.36. The maximum absolute atomic E-state index is 14.6. The molecule has 0 aromatic heterocycles. The number of hydrogen-bond donors (Lipinski definition) is 0. The summed E-state index contributed by atoms with van der Waals surface area (Å²) in [5, 5.41) is 0. The second kappa shape index (κ2) is 12.5. The molecule has 43 heavy (non-hydrogen) atoms. The van der Waals surface area contributed by atoms with Crippen LogP contribution in [0.4, 0.5) is 26.3 Å². The van der Waals surface area contributed by atoms with Gasteiger partial charge in [-0.1, -0.05) is 103 Å². The van der Waals surface area contributed by atoms with E-state index in [1.54, 1.807) is 12.1 Å². The van der Waals surface area contributed by atoms with Crippen molar-refractivity contribution in [2.75, 3.05) is 0 Å². The minimum atomic E-state index is -4.69. The van der Waals surface area contributed by atoms with E-state index < -0.39 is 34.3 Å². The van der Waals surface area contributed by atoms with E-state index in [2.05, 4.69) is 23.7 Å². The second-order valence-corrected chi connectivity index (χ2v) is 15.0. The number of benzene rings is 2. The van der Waals surface area contributed by atoms with Gasteiger partial charge in [0.1, 0.15) is 0 Å². The molecule has 2 fully saturated rings. The number of alkyl halides is 6. The predicted molar refractivity (Wildman–Crippen MR) is 162 cm³/mol. The van der Waals surface area contributed by atoms with Gasteiger partial charge in [-0.2, -0.15) is 26.3 Å². The lowest BCUT2D eigenvalue weighted by molar-refractivity contribution is -0.138. The average Bonchev–Trinajstić information content (AvgIpc) is 3.58. The predicted octanol–water partition coefficient (Wildman–Crippen LogP) is 11.6. The van der Waals surface area contributed by atoms with E-state index in [1.165, 1.54) is 0 Å². The summed E-state index contributed by atoms with van der Waals surface area (Å²) in [6.07, 6.45) is -2.10. The Balaban J connectivity index is 2.01. The lowest BCUT2D eigenvalue weighted by Gasteiger charge is -2.25. The van der Waals surface area contributed by atoms with Gasteiger partial charge in [-0.3, -0.25) is 0 Å². The third-order valence-electron chi connectivity index (χ3n) is 8.28. The molecule has 2 aromatic carbocycles. The van der Waals surface area contributed by atoms with Crippen molar-refractivity contribution in [3.63, 3.8) is 0 Å². The van der Waals surface area contributed by atoms with E-state index in [0.29, 0.717) is 11.1 Å². The van der Waals surface area contributed by atoms with Gasteiger partial charge in [0.15, 0.2) is 0 Å². The van der Waals surface area contributed by atoms with Gasteiger partial charge >= 0.3 is 12.4 Å². The lowest BCUT2D eigenvalue weighted by Crippen LogP contribution is -2.17. The Morgan fingerprint density at radius 1 is 0.558 bits per heavy atom. The Hall–Kier alpha value is -2.51. The fourth-order valence-corrected chi connectivity index (χ4v) is 6.70. The van der Waals surface area contributed by atoms with Crippen LogP contribution in [0, 0.1) is 35.5 Å². The molecule has 0 atom stereocenters. The first-order chi connectivity index (χ1) is 19.8. The van der Waals surface area contributed by atoms with Crippen LogP contribution >= 0.6 is 11.8 Å². The summed E-state index contributed by atoms with van der Waals surface area (Å²) in [7, 11) is 0. The highest BCUT2D eigenvalue weighted by Crippen LogP contribution is 2.46. The SMILES string of the molecule is CC(C)(C)c1cc(Sc2cc(C(C)(C)C)cc(C(F)(F)F)c2C#CC2CCCC2)c(C#CC2CCCC2)c(C(F)(F)F)c1. The monoisotopic (exact) mass is 618 g/mol. The maximum atomic E-state index is 14.6. The van der Waals surface area contributed by atoms with Crippen LogP contribution in [0.1, 0.15) is 126 Å². The van der Waals surface area contributed by atoms with Gasteiger partial charge < -0.3 is 0 Å². The van der Waals surface area contributed by atoms with E-state index in [0.717, 1.165) is 75.3 Å². The Labute approximate surface area is 256 Å². The van der Waals surface area contributed by atoms with Crippen molar-refractivity contribution in [3.05, 3.63) is 57.6 Å². The van der Waals surface area contributed by atoms with Crippen molar-refractivity contribution in [2.24, 2.45) is 11.8 Å². The minimum absolute atomic E-state index is 0.00937. The first kappa shape index (κ1) is 33.4. The van der Waals surface area contributed by atoms with E-state index in [9.17, 15) is 26.3 Å². The molecule has 0 aliphatic heterocycles. The fourth-order valence-electron chi connectivity index (χ4n) is 5.57. The van der Waals surface area contributed by atoms with Crippen LogP contribution in [-0.2, 0) is 23.2 Å². The molecule has 232 valence electrons. The first-order valence-electron chi connectivity index (χ1n) is 15.1. The standard InChI is InChI=1S/C36H40F6S/c1-33(2,3)25-19-29(35(37,38)39)27(17-15-23-11-7-8-12-23)31(21-25)43-32-22-26(34(4,5)6)20-30(36(40,41)42)28(32)18-16-24-13-9-10-14-24/h19-24H,7-14H2,1-6H3. The first-order valence-corrected chi connectivity index (χ1v) is 15.9. The van der Waals surface area contributed by atoms with E-state index in [4.69, 9.17) is 0 Å². The molecule has 7 heteroatoms. The number of hydrogen-bond acceptors (Lipinski definition) is 1. The molecule has 0 radical (unpaired) electrons. The molecule has 2 saturated carbocycles. The van der Waals surface area contributed by atoms with Crippen LogP contribution in [0.25, 0.3) is 0 Å². The summed E-state index contributed by atoms with van der Waals surface area (Å²) in [6.45, 7) is 10.9. The largest absolute Gasteiger partial charge is 0.417 e. The van der Waals surface area contributed by atoms with Crippen LogP contribution in [0.2, 0.25) is 0 Å². The average molecular weight is 619 g/mol. The smallest absolute Gasteiger partial charge is 0.166 e. The van der Waals surface area contributed by atoms with Crippen molar-refractivity contribution in [2.45, 2.75) is 126 Å². The van der Waals surface area contributed by atoms with Gasteiger partial charge in [-0.15, -0.1) is 0 Å². The molecule has 0 unspecified atom stereocenters. The van der Waals surface area contributed by atoms with Crippen LogP contribution in [-0.4, -0.2) is 0 Å². The van der Waals surface area contributed by atoms with E-state index >= 15 is 0 Å². The molecule has 2 aliphatic carbocycles. The normalized spacial score (nSPS) is 17.0. The van der Waals surface area contributed by atoms with Crippen LogP contribution in [0.15, 0.2) is 34.1 Å². The maximum Gasteiger partial charge on any atom is 0.417 e. The van der Waals surface area contributed by atoms with Gasteiger partial charge in [0.05, 0.1) is 22.3 Å². The summed E-state index contributed by atoms with van der Waals surface area (Å²) in [5.41, 5.74) is -2.46. The summed E-state index contributed by atoms with van der Waals surface area (Å²) in [4.78, 5) is 0.404. The van der Waals surface area contributed by atoms with Crippen molar-refractivity contribution >= 4 is 11.8 Å². The molecule has 0 spiro atoms. The van der Waals surface area contributed by atoms with E-state index in [-0.39, 0.29) is 32.8 Å². The van der Waals surface area contributed by atoms with Crippen LogP contribution < -0.4 is 0 Å². The fraction of sp³-hybridized carbons (Fsp3) is 0.556. The lowest BCUT2D eigenvalue weighted by atomic mass is 9.85. The van der Waals surface area contributed by atoms with Crippen LogP contribution in [0.5, 0.6) is 0 Å². The molecule has 0 bridgehead atoms. The summed E-state index contributed by atoms with van der Waals surface area (Å²) >= 11 is 0.922. The molecule has 0 heterocycles. The van der Waals surface area contributed by atoms with Crippen molar-refractivity contribution in [1.29, 1.82) is 0 Å². The van der Waals surface area contributed by atoms with Gasteiger partial charge in [0.25, 0.3) is 0 Å². The molecule has 0 nitrogen and oxygen atoms in total. The Morgan fingerprint density at radius 3 is 1.16 bits per heavy atom. The van der Waals surface area contributed by atoms with Crippen molar-refractivity contribution in [3.8, 4) is 23.7 Å². The molecule has 0 amide bonds. The second-order valence-electron chi connectivity index (χ2n) is 13.9. The zero-order valence-electron chi connectivity index (χ0n) is 25.8. The summed E-state index contributed by atoms with van der Waals surface area (Å²) < 4.78 is 87.6. The van der Waals surface area contributed by atoms with Gasteiger partial charge in [0, 0.05) is 21.6 Å². The van der Waals surface area contributed by atoms with Crippen LogP contribution in [0.3, 0.4) is 0 Å². The van der Waals surface area contributed by atoms with Gasteiger partial charge in [0.2, 0.25) is 0 Å². The molecular formula is C36H40F6S. The minimum Gasteiger partial charge on any atom is -0.166 e. The zero-order valence-corrected chi connectivity index (χ0v) is 26.6. The highest BCUT2D eigenvalue weighted by molar-refractivity contribution is 7.99. The van der Waals surface area contributed by atoms with Crippen molar-refractivity contribution < 1.29 is 26.3 Å². The molecule has 2 aliphatic rings. The quantitative estimate of drug-likeness (QED) is 0.238. The van der Waals surface area contributed by atoms with Gasteiger partial charge in [-0.05, 0) is 71.9 Å². The number of rotatable bonds is 2. The van der Waals surface area contributed by atoms with Gasteiger partial charge in [-0.25, -0.2) is 0 Å². The summed E-state index contributed by atoms with van der Waals surface area (Å²) in [6, 6.07) is 5.64. The highest BCUT2D eigenvalue weighted by Gasteiger charge is 2.38. The molecule has 4 rings (SSSR count). The third-order valence-corrected chi connectivity index (χ3v) is 9.36. The molecular weight excluding hydrogens is 578 g/mol. The Kier molecular flexibility index (Phi) is 9.68. The molecule has 2 aromatic rings. The topological polar surface area (TPSA) is 0 Å². The Morgan fingerprint density at radius 2 is 0.884 bits per heavy atom. The zero-order chi connectivity index (χ0) is 31.8. The molecule has 0 saturated heterocycles. The number of halogens is 6. The van der Waals surface area contributed by atoms with E-state index in [1.807, 2.05) is 41.5 Å².